The summed E-state index contributed by atoms with van der Waals surface area (Å²) in [7, 11) is 1.70. The van der Waals surface area contributed by atoms with Crippen LogP contribution < -0.4 is 10.1 Å². The summed E-state index contributed by atoms with van der Waals surface area (Å²) in [5.41, 5.74) is 2.33. The van der Waals surface area contributed by atoms with Crippen molar-refractivity contribution in [3.63, 3.8) is 0 Å². The lowest BCUT2D eigenvalue weighted by Crippen LogP contribution is -2.18. The number of nitrogens with one attached hydrogen (secondary N) is 1. The molecule has 0 fully saturated rings. The lowest BCUT2D eigenvalue weighted by atomic mass is 10.2. The van der Waals surface area contributed by atoms with E-state index in [0.29, 0.717) is 26.4 Å². The van der Waals surface area contributed by atoms with E-state index in [-0.39, 0.29) is 0 Å². The molecule has 0 atom stereocenters. The molecular weight excluding hydrogens is 370 g/mol. The predicted molar refractivity (Wildman–Crippen MR) is 99.3 cm³/mol. The fourth-order valence-corrected chi connectivity index (χ4v) is 2.54. The minimum atomic E-state index is 0.533. The van der Waals surface area contributed by atoms with E-state index in [4.69, 9.17) is 14.2 Å². The third kappa shape index (κ3) is 7.01. The molecule has 0 unspecified atom stereocenters. The first-order chi connectivity index (χ1) is 11.8. The van der Waals surface area contributed by atoms with Crippen LogP contribution in [-0.4, -0.2) is 33.5 Å². The van der Waals surface area contributed by atoms with Crippen molar-refractivity contribution in [2.75, 3.05) is 33.5 Å². The highest BCUT2D eigenvalue weighted by Gasteiger charge is 2.03. The first kappa shape index (κ1) is 18.9. The molecule has 130 valence electrons. The van der Waals surface area contributed by atoms with Crippen molar-refractivity contribution in [1.82, 2.24) is 5.32 Å². The molecule has 1 N–H and O–H groups in total. The van der Waals surface area contributed by atoms with Gasteiger partial charge >= 0.3 is 0 Å². The van der Waals surface area contributed by atoms with Crippen molar-refractivity contribution in [1.29, 1.82) is 0 Å². The second-order valence-corrected chi connectivity index (χ2v) is 6.16. The molecule has 0 aromatic heterocycles. The average Bonchev–Trinajstić information content (AvgIpc) is 2.61. The van der Waals surface area contributed by atoms with Crippen molar-refractivity contribution < 1.29 is 14.2 Å². The van der Waals surface area contributed by atoms with Crippen LogP contribution in [0, 0.1) is 0 Å². The van der Waals surface area contributed by atoms with E-state index >= 15 is 0 Å². The van der Waals surface area contributed by atoms with Gasteiger partial charge in [0.2, 0.25) is 0 Å². The maximum Gasteiger partial charge on any atom is 0.119 e. The van der Waals surface area contributed by atoms with Gasteiger partial charge in [0, 0.05) is 24.7 Å². The lowest BCUT2D eigenvalue weighted by molar-refractivity contribution is 0.0889. The molecule has 0 radical (unpaired) electrons. The minimum Gasteiger partial charge on any atom is -0.491 e. The normalized spacial score (nSPS) is 10.8. The van der Waals surface area contributed by atoms with Gasteiger partial charge in [0.15, 0.2) is 0 Å². The first-order valence-electron chi connectivity index (χ1n) is 8.02. The highest BCUT2D eigenvalue weighted by Crippen LogP contribution is 2.22. The highest BCUT2D eigenvalue weighted by atomic mass is 79.9. The molecule has 0 spiro atoms. The zero-order chi connectivity index (χ0) is 17.0. The summed E-state index contributed by atoms with van der Waals surface area (Å²) in [5.74, 6) is 0.852. The number of methoxy groups -OCH3 is 1. The molecule has 0 bridgehead atoms. The Morgan fingerprint density at radius 2 is 1.83 bits per heavy atom. The van der Waals surface area contributed by atoms with E-state index in [1.165, 1.54) is 5.56 Å². The second kappa shape index (κ2) is 11.2. The van der Waals surface area contributed by atoms with Crippen molar-refractivity contribution in [3.05, 3.63) is 64.1 Å². The SMILES string of the molecule is COCCNCc1cc(OCCOCc2ccccc2)ccc1Br. The van der Waals surface area contributed by atoms with Crippen molar-refractivity contribution in [2.45, 2.75) is 13.2 Å². The van der Waals surface area contributed by atoms with E-state index in [1.807, 2.05) is 36.4 Å². The average molecular weight is 394 g/mol. The molecule has 2 rings (SSSR count). The molecule has 0 aliphatic rings. The van der Waals surface area contributed by atoms with Gasteiger partial charge in [-0.2, -0.15) is 0 Å². The van der Waals surface area contributed by atoms with Crippen LogP contribution in [0.3, 0.4) is 0 Å². The Hall–Kier alpha value is -1.40. The fourth-order valence-electron chi connectivity index (χ4n) is 2.16. The highest BCUT2D eigenvalue weighted by molar-refractivity contribution is 9.10. The number of hydrogen-bond acceptors (Lipinski definition) is 4. The van der Waals surface area contributed by atoms with Crippen molar-refractivity contribution >= 4 is 15.9 Å². The zero-order valence-corrected chi connectivity index (χ0v) is 15.6. The molecule has 0 amide bonds. The van der Waals surface area contributed by atoms with Gasteiger partial charge in [0.05, 0.1) is 19.8 Å². The standard InChI is InChI=1S/C19H24BrNO3/c1-22-10-9-21-14-17-13-18(7-8-19(17)20)24-12-11-23-15-16-5-3-2-4-6-16/h2-8,13,21H,9-12,14-15H2,1H3. The summed E-state index contributed by atoms with van der Waals surface area (Å²) in [6.45, 7) is 4.00. The molecule has 0 aliphatic carbocycles. The monoisotopic (exact) mass is 393 g/mol. The summed E-state index contributed by atoms with van der Waals surface area (Å²) in [6.07, 6.45) is 0. The van der Waals surface area contributed by atoms with Crippen LogP contribution in [0.4, 0.5) is 0 Å². The third-order valence-corrected chi connectivity index (χ3v) is 4.20. The minimum absolute atomic E-state index is 0.533. The van der Waals surface area contributed by atoms with Crippen LogP contribution in [0.25, 0.3) is 0 Å². The van der Waals surface area contributed by atoms with Gasteiger partial charge in [-0.3, -0.25) is 0 Å². The Bertz CT molecular complexity index is 592. The maximum atomic E-state index is 5.77. The summed E-state index contributed by atoms with van der Waals surface area (Å²) >= 11 is 3.57. The zero-order valence-electron chi connectivity index (χ0n) is 14.0. The molecule has 4 nitrogen and oxygen atoms in total. The molecule has 0 saturated heterocycles. The number of halogens is 1. The molecule has 0 saturated carbocycles. The van der Waals surface area contributed by atoms with Crippen LogP contribution in [-0.2, 0) is 22.6 Å². The van der Waals surface area contributed by atoms with E-state index in [9.17, 15) is 0 Å². The van der Waals surface area contributed by atoms with Gasteiger partial charge in [-0.05, 0) is 29.3 Å². The third-order valence-electron chi connectivity index (χ3n) is 3.42. The maximum absolute atomic E-state index is 5.77. The summed E-state index contributed by atoms with van der Waals surface area (Å²) < 4.78 is 17.5. The summed E-state index contributed by atoms with van der Waals surface area (Å²) in [5, 5.41) is 3.33. The number of hydrogen-bond donors (Lipinski definition) is 1. The smallest absolute Gasteiger partial charge is 0.119 e. The molecule has 2 aromatic carbocycles. The van der Waals surface area contributed by atoms with Gasteiger partial charge < -0.3 is 19.5 Å². The number of ether oxygens (including phenoxy) is 3. The summed E-state index contributed by atoms with van der Waals surface area (Å²) in [4.78, 5) is 0. The van der Waals surface area contributed by atoms with Crippen LogP contribution in [0.2, 0.25) is 0 Å². The quantitative estimate of drug-likeness (QED) is 0.589. The van der Waals surface area contributed by atoms with Gasteiger partial charge in [-0.25, -0.2) is 0 Å². The largest absolute Gasteiger partial charge is 0.491 e. The predicted octanol–water partition coefficient (Wildman–Crippen LogP) is 3.78. The van der Waals surface area contributed by atoms with Gasteiger partial charge in [-0.15, -0.1) is 0 Å². The van der Waals surface area contributed by atoms with Crippen LogP contribution >= 0.6 is 15.9 Å². The number of benzene rings is 2. The Kier molecular flexibility index (Phi) is 8.84. The number of rotatable bonds is 11. The van der Waals surface area contributed by atoms with Gasteiger partial charge in [0.25, 0.3) is 0 Å². The van der Waals surface area contributed by atoms with E-state index in [1.54, 1.807) is 7.11 Å². The fraction of sp³-hybridized carbons (Fsp3) is 0.368. The molecular formula is C19H24BrNO3. The topological polar surface area (TPSA) is 39.7 Å². The van der Waals surface area contributed by atoms with Crippen LogP contribution in [0.1, 0.15) is 11.1 Å². The van der Waals surface area contributed by atoms with E-state index < -0.39 is 0 Å². The summed E-state index contributed by atoms with van der Waals surface area (Å²) in [6, 6.07) is 16.1. The Labute approximate surface area is 152 Å². The first-order valence-corrected chi connectivity index (χ1v) is 8.81. The van der Waals surface area contributed by atoms with Gasteiger partial charge in [-0.1, -0.05) is 46.3 Å². The van der Waals surface area contributed by atoms with Crippen LogP contribution in [0.5, 0.6) is 5.75 Å². The Morgan fingerprint density at radius 1 is 1.00 bits per heavy atom. The molecule has 2 aromatic rings. The van der Waals surface area contributed by atoms with Gasteiger partial charge in [0.1, 0.15) is 12.4 Å². The van der Waals surface area contributed by atoms with Crippen molar-refractivity contribution in [3.8, 4) is 5.75 Å². The van der Waals surface area contributed by atoms with Crippen LogP contribution in [0.15, 0.2) is 53.0 Å². The molecule has 0 heterocycles. The van der Waals surface area contributed by atoms with Crippen molar-refractivity contribution in [2.24, 2.45) is 0 Å². The second-order valence-electron chi connectivity index (χ2n) is 5.31. The lowest BCUT2D eigenvalue weighted by Gasteiger charge is -2.11. The van der Waals surface area contributed by atoms with E-state index in [2.05, 4.69) is 33.4 Å². The van der Waals surface area contributed by atoms with E-state index in [0.717, 1.165) is 28.9 Å². The molecule has 5 heteroatoms. The Balaban J connectivity index is 1.70. The Morgan fingerprint density at radius 3 is 2.62 bits per heavy atom. The molecule has 24 heavy (non-hydrogen) atoms. The molecule has 0 aliphatic heterocycles.